The van der Waals surface area contributed by atoms with Crippen LogP contribution in [-0.2, 0) is 9.59 Å². The van der Waals surface area contributed by atoms with Crippen molar-refractivity contribution in [1.82, 2.24) is 4.90 Å². The molecule has 8 heteroatoms. The molecule has 1 saturated heterocycles. The van der Waals surface area contributed by atoms with Crippen molar-refractivity contribution in [3.05, 3.63) is 63.0 Å². The number of amidine groups is 1. The zero-order valence-electron chi connectivity index (χ0n) is 16.7. The molecule has 0 bridgehead atoms. The molecule has 2 amide bonds. The Morgan fingerprint density at radius 3 is 2.63 bits per heavy atom. The molecule has 0 aliphatic carbocycles. The van der Waals surface area contributed by atoms with Crippen LogP contribution < -0.4 is 10.5 Å². The van der Waals surface area contributed by atoms with E-state index in [-0.39, 0.29) is 12.5 Å². The molecule has 30 heavy (non-hydrogen) atoms. The Labute approximate surface area is 188 Å². The van der Waals surface area contributed by atoms with E-state index in [4.69, 9.17) is 10.5 Å². The summed E-state index contributed by atoms with van der Waals surface area (Å²) in [5, 5.41) is 0.678. The van der Waals surface area contributed by atoms with Crippen LogP contribution in [0.5, 0.6) is 5.75 Å². The van der Waals surface area contributed by atoms with Crippen LogP contribution >= 0.6 is 27.7 Å². The molecule has 2 aromatic carbocycles. The van der Waals surface area contributed by atoms with Crippen LogP contribution in [0.25, 0.3) is 6.08 Å². The zero-order valence-corrected chi connectivity index (χ0v) is 19.1. The Balaban J connectivity index is 1.85. The lowest BCUT2D eigenvalue weighted by molar-refractivity contribution is -0.122. The van der Waals surface area contributed by atoms with Gasteiger partial charge in [0, 0.05) is 6.54 Å². The molecule has 1 aliphatic rings. The van der Waals surface area contributed by atoms with Gasteiger partial charge in [0.15, 0.2) is 11.8 Å². The van der Waals surface area contributed by atoms with Gasteiger partial charge in [-0.15, -0.1) is 0 Å². The number of halogens is 1. The first-order chi connectivity index (χ1) is 14.4. The van der Waals surface area contributed by atoms with Gasteiger partial charge in [-0.05, 0) is 76.9 Å². The van der Waals surface area contributed by atoms with Gasteiger partial charge in [0.1, 0.15) is 5.75 Å². The van der Waals surface area contributed by atoms with Crippen LogP contribution in [0.3, 0.4) is 0 Å². The lowest BCUT2D eigenvalue weighted by atomic mass is 10.2. The van der Waals surface area contributed by atoms with E-state index in [0.717, 1.165) is 23.2 Å². The molecule has 1 heterocycles. The van der Waals surface area contributed by atoms with E-state index in [2.05, 4.69) is 20.9 Å². The molecule has 1 aliphatic heterocycles. The number of nitrogens with zero attached hydrogens (tertiary/aromatic N) is 2. The summed E-state index contributed by atoms with van der Waals surface area (Å²) >= 11 is 4.79. The molecule has 0 saturated carbocycles. The molecule has 2 N–H and O–H groups in total. The SMILES string of the molecule is CCCN1C(=O)C(=Cc2ccc(OCC(N)=O)c(Br)c2)SC1=Nc1ccc(C)cc1. The number of thioether (sulfide) groups is 1. The number of primary amides is 1. The van der Waals surface area contributed by atoms with Crippen molar-refractivity contribution in [3.8, 4) is 5.75 Å². The number of ether oxygens (including phenoxy) is 1. The summed E-state index contributed by atoms with van der Waals surface area (Å²) in [7, 11) is 0. The molecule has 156 valence electrons. The van der Waals surface area contributed by atoms with Crippen molar-refractivity contribution in [2.75, 3.05) is 13.2 Å². The van der Waals surface area contributed by atoms with Gasteiger partial charge < -0.3 is 10.5 Å². The van der Waals surface area contributed by atoms with Crippen LogP contribution in [0.15, 0.2) is 56.8 Å². The highest BCUT2D eigenvalue weighted by Gasteiger charge is 2.32. The van der Waals surface area contributed by atoms with Crippen molar-refractivity contribution < 1.29 is 14.3 Å². The number of hydrogen-bond acceptors (Lipinski definition) is 5. The Bertz CT molecular complexity index is 1020. The Hall–Kier alpha value is -2.58. The quantitative estimate of drug-likeness (QED) is 0.576. The third-order valence-corrected chi connectivity index (χ3v) is 5.84. The Morgan fingerprint density at radius 2 is 2.00 bits per heavy atom. The highest BCUT2D eigenvalue weighted by atomic mass is 79.9. The number of aryl methyl sites for hydroxylation is 1. The lowest BCUT2D eigenvalue weighted by Gasteiger charge is -2.14. The van der Waals surface area contributed by atoms with Gasteiger partial charge in [-0.2, -0.15) is 0 Å². The Morgan fingerprint density at radius 1 is 1.27 bits per heavy atom. The van der Waals surface area contributed by atoms with Gasteiger partial charge in [-0.25, -0.2) is 4.99 Å². The average Bonchev–Trinajstić information content (AvgIpc) is 2.98. The second kappa shape index (κ2) is 9.95. The molecule has 0 spiro atoms. The first-order valence-electron chi connectivity index (χ1n) is 9.45. The van der Waals surface area contributed by atoms with Crippen LogP contribution in [-0.4, -0.2) is 35.0 Å². The lowest BCUT2D eigenvalue weighted by Crippen LogP contribution is -2.29. The molecule has 6 nitrogen and oxygen atoms in total. The van der Waals surface area contributed by atoms with Crippen molar-refractivity contribution in [3.63, 3.8) is 0 Å². The van der Waals surface area contributed by atoms with E-state index in [1.54, 1.807) is 11.0 Å². The van der Waals surface area contributed by atoms with Crippen LogP contribution in [0.2, 0.25) is 0 Å². The monoisotopic (exact) mass is 487 g/mol. The zero-order chi connectivity index (χ0) is 21.7. The third-order valence-electron chi connectivity index (χ3n) is 4.22. The van der Waals surface area contributed by atoms with Crippen molar-refractivity contribution in [1.29, 1.82) is 0 Å². The maximum atomic E-state index is 13.0. The largest absolute Gasteiger partial charge is 0.483 e. The van der Waals surface area contributed by atoms with Gasteiger partial charge in [0.05, 0.1) is 15.1 Å². The van der Waals surface area contributed by atoms with Crippen molar-refractivity contribution in [2.45, 2.75) is 20.3 Å². The Kier molecular flexibility index (Phi) is 7.33. The number of aliphatic imine (C=N–C) groups is 1. The van der Waals surface area contributed by atoms with Gasteiger partial charge >= 0.3 is 0 Å². The number of carbonyl (C=O) groups excluding carboxylic acids is 2. The first-order valence-corrected chi connectivity index (χ1v) is 11.1. The second-order valence-corrected chi connectivity index (χ2v) is 8.61. The summed E-state index contributed by atoms with van der Waals surface area (Å²) in [5.41, 5.74) is 7.92. The molecule has 3 rings (SSSR count). The number of amides is 2. The predicted octanol–water partition coefficient (Wildman–Crippen LogP) is 4.64. The molecule has 0 radical (unpaired) electrons. The fourth-order valence-corrected chi connectivity index (χ4v) is 4.30. The van der Waals surface area contributed by atoms with Gasteiger partial charge in [0.25, 0.3) is 11.8 Å². The molecular weight excluding hydrogens is 466 g/mol. The van der Waals surface area contributed by atoms with E-state index in [0.29, 0.717) is 26.8 Å². The number of nitrogens with two attached hydrogens (primary N) is 1. The van der Waals surface area contributed by atoms with Gasteiger partial charge in [-0.3, -0.25) is 14.5 Å². The summed E-state index contributed by atoms with van der Waals surface area (Å²) in [6.45, 7) is 4.47. The molecule has 0 unspecified atom stereocenters. The van der Waals surface area contributed by atoms with E-state index in [9.17, 15) is 9.59 Å². The van der Waals surface area contributed by atoms with E-state index >= 15 is 0 Å². The van der Waals surface area contributed by atoms with Crippen molar-refractivity contribution in [2.24, 2.45) is 10.7 Å². The summed E-state index contributed by atoms with van der Waals surface area (Å²) in [6.07, 6.45) is 2.67. The minimum Gasteiger partial charge on any atom is -0.483 e. The smallest absolute Gasteiger partial charge is 0.266 e. The molecule has 1 fully saturated rings. The maximum absolute atomic E-state index is 13.0. The van der Waals surface area contributed by atoms with E-state index in [1.807, 2.05) is 56.3 Å². The van der Waals surface area contributed by atoms with Crippen LogP contribution in [0.4, 0.5) is 5.69 Å². The van der Waals surface area contributed by atoms with Gasteiger partial charge in [0.2, 0.25) is 0 Å². The molecule has 0 atom stereocenters. The predicted molar refractivity (Wildman–Crippen MR) is 125 cm³/mol. The average molecular weight is 488 g/mol. The normalized spacial score (nSPS) is 16.5. The van der Waals surface area contributed by atoms with E-state index in [1.165, 1.54) is 11.8 Å². The minimum absolute atomic E-state index is 0.0575. The summed E-state index contributed by atoms with van der Waals surface area (Å²) in [5.74, 6) is -0.0917. The number of benzene rings is 2. The fourth-order valence-electron chi connectivity index (χ4n) is 2.77. The number of rotatable bonds is 7. The molecule has 2 aromatic rings. The fraction of sp³-hybridized carbons (Fsp3) is 0.227. The molecular formula is C22H22BrN3O3S. The van der Waals surface area contributed by atoms with Crippen LogP contribution in [0, 0.1) is 6.92 Å². The highest BCUT2D eigenvalue weighted by molar-refractivity contribution is 9.10. The maximum Gasteiger partial charge on any atom is 0.266 e. The van der Waals surface area contributed by atoms with E-state index < -0.39 is 5.91 Å². The first kappa shape index (κ1) is 22.1. The second-order valence-electron chi connectivity index (χ2n) is 6.74. The standard InChI is InChI=1S/C22H22BrN3O3S/c1-3-10-26-21(28)19(30-22(26)25-16-7-4-14(2)5-8-16)12-15-6-9-18(17(23)11-15)29-13-20(24)27/h4-9,11-12H,3,10,13H2,1-2H3,(H2,24,27). The summed E-state index contributed by atoms with van der Waals surface area (Å²) < 4.78 is 6.02. The van der Waals surface area contributed by atoms with Gasteiger partial charge in [-0.1, -0.05) is 30.7 Å². The molecule has 0 aromatic heterocycles. The summed E-state index contributed by atoms with van der Waals surface area (Å²) in [4.78, 5) is 30.9. The van der Waals surface area contributed by atoms with Crippen molar-refractivity contribution >= 4 is 56.4 Å². The third kappa shape index (κ3) is 5.52. The highest BCUT2D eigenvalue weighted by Crippen LogP contribution is 2.35. The van der Waals surface area contributed by atoms with Crippen LogP contribution in [0.1, 0.15) is 24.5 Å². The number of carbonyl (C=O) groups is 2. The topological polar surface area (TPSA) is 85.0 Å². The minimum atomic E-state index is -0.544. The number of hydrogen-bond donors (Lipinski definition) is 1. The summed E-state index contributed by atoms with van der Waals surface area (Å²) in [6, 6.07) is 13.3.